The van der Waals surface area contributed by atoms with Crippen LogP contribution in [-0.2, 0) is 0 Å². The Bertz CT molecular complexity index is 320. The summed E-state index contributed by atoms with van der Waals surface area (Å²) in [4.78, 5) is 3.91. The van der Waals surface area contributed by atoms with E-state index in [2.05, 4.69) is 27.6 Å². The van der Waals surface area contributed by atoms with E-state index < -0.39 is 0 Å². The van der Waals surface area contributed by atoms with E-state index in [1.165, 1.54) is 0 Å². The first kappa shape index (κ1) is 9.60. The Kier molecular flexibility index (Phi) is 3.16. The second-order valence-corrected chi connectivity index (χ2v) is 3.73. The molecule has 64 valence electrons. The van der Waals surface area contributed by atoms with Crippen molar-refractivity contribution in [1.29, 1.82) is 0 Å². The monoisotopic (exact) mass is 295 g/mol. The minimum absolute atomic E-state index is 0.0511. The summed E-state index contributed by atoms with van der Waals surface area (Å²) in [7, 11) is 0. The van der Waals surface area contributed by atoms with Gasteiger partial charge in [0.2, 0.25) is 0 Å². The van der Waals surface area contributed by atoms with Gasteiger partial charge in [0.05, 0.1) is 5.69 Å². The number of guanidine groups is 1. The predicted octanol–water partition coefficient (Wildman–Crippen LogP) is 1.85. The summed E-state index contributed by atoms with van der Waals surface area (Å²) in [5, 5.41) is 0.675. The summed E-state index contributed by atoms with van der Waals surface area (Å²) in [6.07, 6.45) is 0. The molecule has 1 rings (SSSR count). The molecule has 4 N–H and O–H groups in total. The lowest BCUT2D eigenvalue weighted by atomic mass is 10.3. The molecule has 0 heterocycles. The van der Waals surface area contributed by atoms with Crippen molar-refractivity contribution in [3.05, 3.63) is 26.8 Å². The fourth-order valence-electron chi connectivity index (χ4n) is 0.711. The molecule has 0 unspecified atom stereocenters. The van der Waals surface area contributed by atoms with E-state index in [-0.39, 0.29) is 5.96 Å². The van der Waals surface area contributed by atoms with Crippen LogP contribution < -0.4 is 11.5 Å². The summed E-state index contributed by atoms with van der Waals surface area (Å²) in [5.74, 6) is 0.0511. The van der Waals surface area contributed by atoms with Crippen molar-refractivity contribution in [3.63, 3.8) is 0 Å². The van der Waals surface area contributed by atoms with Gasteiger partial charge >= 0.3 is 0 Å². The Morgan fingerprint density at radius 1 is 1.42 bits per heavy atom. The van der Waals surface area contributed by atoms with Gasteiger partial charge in [-0.2, -0.15) is 0 Å². The zero-order valence-electron chi connectivity index (χ0n) is 6.09. The molecule has 0 amide bonds. The van der Waals surface area contributed by atoms with Gasteiger partial charge in [-0.05, 0) is 40.8 Å². The Labute approximate surface area is 88.9 Å². The van der Waals surface area contributed by atoms with E-state index in [1.807, 2.05) is 0 Å². The van der Waals surface area contributed by atoms with Crippen LogP contribution in [0.4, 0.5) is 5.69 Å². The molecule has 0 aliphatic heterocycles. The molecule has 12 heavy (non-hydrogen) atoms. The van der Waals surface area contributed by atoms with E-state index in [1.54, 1.807) is 18.2 Å². The zero-order valence-corrected chi connectivity index (χ0v) is 9.00. The Morgan fingerprint density at radius 3 is 2.58 bits per heavy atom. The number of halogens is 2. The maximum absolute atomic E-state index is 5.74. The fourth-order valence-corrected chi connectivity index (χ4v) is 1.70. The van der Waals surface area contributed by atoms with Gasteiger partial charge in [0.25, 0.3) is 0 Å². The largest absolute Gasteiger partial charge is 0.370 e. The predicted molar refractivity (Wildman–Crippen MR) is 59.6 cm³/mol. The number of rotatable bonds is 1. The van der Waals surface area contributed by atoms with Crippen LogP contribution in [0.25, 0.3) is 0 Å². The van der Waals surface area contributed by atoms with Gasteiger partial charge in [0, 0.05) is 8.59 Å². The van der Waals surface area contributed by atoms with E-state index >= 15 is 0 Å². The standard InChI is InChI=1S/C7H7ClIN3/c8-4-1-2-6(5(9)3-4)12-7(10)11/h1-3H,(H4,10,11,12). The number of nitrogens with two attached hydrogens (primary N) is 2. The quantitative estimate of drug-likeness (QED) is 0.472. The minimum atomic E-state index is 0.0511. The summed E-state index contributed by atoms with van der Waals surface area (Å²) in [6.45, 7) is 0. The van der Waals surface area contributed by atoms with Gasteiger partial charge in [-0.15, -0.1) is 0 Å². The molecule has 1 aromatic carbocycles. The second-order valence-electron chi connectivity index (χ2n) is 2.13. The number of hydrogen-bond acceptors (Lipinski definition) is 1. The molecular weight excluding hydrogens is 288 g/mol. The SMILES string of the molecule is NC(N)=Nc1ccc(Cl)cc1I. The van der Waals surface area contributed by atoms with Crippen molar-refractivity contribution in [1.82, 2.24) is 0 Å². The van der Waals surface area contributed by atoms with Crippen molar-refractivity contribution in [2.24, 2.45) is 16.5 Å². The fraction of sp³-hybridized carbons (Fsp3) is 0. The smallest absolute Gasteiger partial charge is 0.191 e. The molecule has 0 saturated carbocycles. The van der Waals surface area contributed by atoms with E-state index in [0.29, 0.717) is 5.02 Å². The van der Waals surface area contributed by atoms with Crippen LogP contribution >= 0.6 is 34.2 Å². The third-order valence-electron chi connectivity index (χ3n) is 1.16. The molecule has 3 nitrogen and oxygen atoms in total. The number of aliphatic imine (C=N–C) groups is 1. The molecule has 0 fully saturated rings. The van der Waals surface area contributed by atoms with E-state index in [0.717, 1.165) is 9.26 Å². The van der Waals surface area contributed by atoms with Gasteiger partial charge in [0.1, 0.15) is 0 Å². The normalized spacial score (nSPS) is 9.50. The lowest BCUT2D eigenvalue weighted by molar-refractivity contribution is 1.41. The first-order chi connectivity index (χ1) is 5.59. The lowest BCUT2D eigenvalue weighted by Crippen LogP contribution is -2.21. The van der Waals surface area contributed by atoms with Crippen molar-refractivity contribution >= 4 is 45.8 Å². The summed E-state index contributed by atoms with van der Waals surface area (Å²) < 4.78 is 0.925. The van der Waals surface area contributed by atoms with Crippen molar-refractivity contribution in [2.75, 3.05) is 0 Å². The van der Waals surface area contributed by atoms with Crippen LogP contribution in [-0.4, -0.2) is 5.96 Å². The molecule has 5 heteroatoms. The average molecular weight is 296 g/mol. The number of nitrogens with zero attached hydrogens (tertiary/aromatic N) is 1. The van der Waals surface area contributed by atoms with Crippen molar-refractivity contribution in [2.45, 2.75) is 0 Å². The van der Waals surface area contributed by atoms with Crippen molar-refractivity contribution < 1.29 is 0 Å². The highest BCUT2D eigenvalue weighted by molar-refractivity contribution is 14.1. The number of hydrogen-bond donors (Lipinski definition) is 2. The zero-order chi connectivity index (χ0) is 9.14. The molecular formula is C7H7ClIN3. The van der Waals surface area contributed by atoms with Gasteiger partial charge in [-0.25, -0.2) is 4.99 Å². The third kappa shape index (κ3) is 2.53. The Morgan fingerprint density at radius 2 is 2.08 bits per heavy atom. The molecule has 0 aromatic heterocycles. The maximum Gasteiger partial charge on any atom is 0.191 e. The first-order valence-electron chi connectivity index (χ1n) is 3.14. The molecule has 0 aliphatic rings. The molecule has 0 bridgehead atoms. The molecule has 0 radical (unpaired) electrons. The van der Waals surface area contributed by atoms with Gasteiger partial charge in [-0.3, -0.25) is 0 Å². The van der Waals surface area contributed by atoms with E-state index in [4.69, 9.17) is 23.1 Å². The van der Waals surface area contributed by atoms with E-state index in [9.17, 15) is 0 Å². The van der Waals surface area contributed by atoms with Gasteiger partial charge in [0.15, 0.2) is 5.96 Å². The first-order valence-corrected chi connectivity index (χ1v) is 4.60. The Hall–Kier alpha value is -0.490. The van der Waals surface area contributed by atoms with Crippen molar-refractivity contribution in [3.8, 4) is 0 Å². The lowest BCUT2D eigenvalue weighted by Gasteiger charge is -1.98. The summed E-state index contributed by atoms with van der Waals surface area (Å²) in [6, 6.07) is 5.30. The highest BCUT2D eigenvalue weighted by Crippen LogP contribution is 2.24. The average Bonchev–Trinajstić information content (AvgIpc) is 1.94. The van der Waals surface area contributed by atoms with Crippen LogP contribution in [0.15, 0.2) is 23.2 Å². The van der Waals surface area contributed by atoms with Gasteiger partial charge < -0.3 is 11.5 Å². The topological polar surface area (TPSA) is 64.4 Å². The molecule has 0 atom stereocenters. The summed E-state index contributed by atoms with van der Waals surface area (Å²) in [5.41, 5.74) is 11.2. The van der Waals surface area contributed by atoms with Crippen LogP contribution in [0, 0.1) is 3.57 Å². The van der Waals surface area contributed by atoms with Crippen LogP contribution in [0.2, 0.25) is 5.02 Å². The molecule has 1 aromatic rings. The molecule has 0 aliphatic carbocycles. The third-order valence-corrected chi connectivity index (χ3v) is 2.26. The van der Waals surface area contributed by atoms with Crippen LogP contribution in [0.5, 0.6) is 0 Å². The number of benzene rings is 1. The Balaban J connectivity index is 3.10. The summed E-state index contributed by atoms with van der Waals surface area (Å²) >= 11 is 7.85. The minimum Gasteiger partial charge on any atom is -0.370 e. The molecule has 0 saturated heterocycles. The van der Waals surface area contributed by atoms with Crippen LogP contribution in [0.3, 0.4) is 0 Å². The van der Waals surface area contributed by atoms with Crippen LogP contribution in [0.1, 0.15) is 0 Å². The second kappa shape index (κ2) is 3.95. The van der Waals surface area contributed by atoms with Gasteiger partial charge in [-0.1, -0.05) is 11.6 Å². The molecule has 0 spiro atoms. The maximum atomic E-state index is 5.74. The highest BCUT2D eigenvalue weighted by Gasteiger charge is 1.98. The highest BCUT2D eigenvalue weighted by atomic mass is 127.